The lowest BCUT2D eigenvalue weighted by atomic mass is 10.0. The molecule has 0 N–H and O–H groups in total. The maximum absolute atomic E-state index is 12.6. The van der Waals surface area contributed by atoms with Crippen molar-refractivity contribution in [2.75, 3.05) is 26.1 Å². The summed E-state index contributed by atoms with van der Waals surface area (Å²) in [4.78, 5) is 32.4. The summed E-state index contributed by atoms with van der Waals surface area (Å²) in [7, 11) is 1.73. The predicted molar refractivity (Wildman–Crippen MR) is 98.0 cm³/mol. The number of hydrogen-bond acceptors (Lipinski definition) is 5. The van der Waals surface area contributed by atoms with Gasteiger partial charge in [0, 0.05) is 7.05 Å². The van der Waals surface area contributed by atoms with E-state index in [0.717, 1.165) is 9.94 Å². The van der Waals surface area contributed by atoms with E-state index in [0.29, 0.717) is 0 Å². The van der Waals surface area contributed by atoms with Crippen LogP contribution in [0.15, 0.2) is 35.3 Å². The molecule has 0 aliphatic carbocycles. The number of urea groups is 1. The topological polar surface area (TPSA) is 53.0 Å². The van der Waals surface area contributed by atoms with E-state index >= 15 is 0 Å². The van der Waals surface area contributed by atoms with Crippen LogP contribution in [0.3, 0.4) is 0 Å². The van der Waals surface area contributed by atoms with Gasteiger partial charge in [0.15, 0.2) is 0 Å². The van der Waals surface area contributed by atoms with Crippen molar-refractivity contribution in [1.82, 2.24) is 9.80 Å². The third-order valence-electron chi connectivity index (χ3n) is 3.96. The second kappa shape index (κ2) is 7.88. The maximum atomic E-state index is 12.6. The third kappa shape index (κ3) is 3.72. The fourth-order valence-corrected chi connectivity index (χ4v) is 3.71. The average Bonchev–Trinajstić information content (AvgIpc) is 2.80. The van der Waals surface area contributed by atoms with Gasteiger partial charge in [-0.3, -0.25) is 14.7 Å². The number of amides is 3. The highest BCUT2D eigenvalue weighted by Gasteiger charge is 2.45. The van der Waals surface area contributed by atoms with Crippen molar-refractivity contribution in [1.29, 1.82) is 0 Å². The van der Waals surface area contributed by atoms with Crippen LogP contribution in [0.5, 0.6) is 0 Å². The highest BCUT2D eigenvalue weighted by molar-refractivity contribution is 8.38. The Hall–Kier alpha value is -1.47. The van der Waals surface area contributed by atoms with Crippen LogP contribution in [-0.2, 0) is 4.79 Å². The molecule has 124 valence electrons. The van der Waals surface area contributed by atoms with Gasteiger partial charge >= 0.3 is 6.03 Å². The summed E-state index contributed by atoms with van der Waals surface area (Å²) in [5, 5.41) is 0. The van der Waals surface area contributed by atoms with Crippen LogP contribution in [0.4, 0.5) is 4.79 Å². The number of likely N-dealkylation sites (N-methyl/N-ethyl adjacent to an activating group) is 1. The van der Waals surface area contributed by atoms with Crippen molar-refractivity contribution in [2.24, 2.45) is 4.99 Å². The first-order chi connectivity index (χ1) is 11.0. The van der Waals surface area contributed by atoms with Gasteiger partial charge in [-0.2, -0.15) is 0 Å². The number of imide groups is 1. The lowest BCUT2D eigenvalue weighted by Crippen LogP contribution is -2.37. The minimum Gasteiger partial charge on any atom is -0.322 e. The SMILES string of the molecule is CSC(=NCC(=O)N1C(=O)N(C)[C@@H](C)[C@H]1c1ccccc1)SC. The molecule has 0 saturated carbocycles. The molecule has 1 aliphatic rings. The van der Waals surface area contributed by atoms with Crippen LogP contribution in [0.1, 0.15) is 18.5 Å². The molecule has 1 aromatic rings. The largest absolute Gasteiger partial charge is 0.327 e. The second-order valence-electron chi connectivity index (χ2n) is 5.24. The number of carbonyl (C=O) groups is 2. The summed E-state index contributed by atoms with van der Waals surface area (Å²) in [6, 6.07) is 9.06. The molecule has 0 aromatic heterocycles. The molecule has 2 rings (SSSR count). The smallest absolute Gasteiger partial charge is 0.322 e. The molecule has 1 fully saturated rings. The minimum absolute atomic E-state index is 0.00729. The molecule has 1 aromatic carbocycles. The van der Waals surface area contributed by atoms with Crippen molar-refractivity contribution in [3.63, 3.8) is 0 Å². The van der Waals surface area contributed by atoms with E-state index in [1.165, 1.54) is 28.4 Å². The van der Waals surface area contributed by atoms with Gasteiger partial charge in [-0.15, -0.1) is 23.5 Å². The van der Waals surface area contributed by atoms with Gasteiger partial charge < -0.3 is 4.90 Å². The molecule has 1 heterocycles. The molecule has 0 spiro atoms. The van der Waals surface area contributed by atoms with Gasteiger partial charge in [-0.1, -0.05) is 30.3 Å². The molecule has 2 atom stereocenters. The van der Waals surface area contributed by atoms with Crippen molar-refractivity contribution >= 4 is 39.8 Å². The van der Waals surface area contributed by atoms with Crippen molar-refractivity contribution < 1.29 is 9.59 Å². The van der Waals surface area contributed by atoms with E-state index in [4.69, 9.17) is 0 Å². The zero-order valence-electron chi connectivity index (χ0n) is 13.7. The van der Waals surface area contributed by atoms with Crippen LogP contribution in [0.2, 0.25) is 0 Å². The van der Waals surface area contributed by atoms with E-state index in [1.807, 2.05) is 49.8 Å². The number of carbonyl (C=O) groups excluding carboxylic acids is 2. The summed E-state index contributed by atoms with van der Waals surface area (Å²) in [6.45, 7) is 1.95. The first-order valence-corrected chi connectivity index (χ1v) is 9.72. The normalized spacial score (nSPS) is 20.8. The summed E-state index contributed by atoms with van der Waals surface area (Å²) in [6.07, 6.45) is 3.84. The van der Waals surface area contributed by atoms with Gasteiger partial charge in [0.1, 0.15) is 10.9 Å². The standard InChI is InChI=1S/C16H21N3O2S2/c1-11-14(12-8-6-5-7-9-12)19(16(21)18(11)2)13(20)10-17-15(22-3)23-4/h5-9,11,14H,10H2,1-4H3/t11-,14-/m0/s1. The monoisotopic (exact) mass is 351 g/mol. The number of benzene rings is 1. The summed E-state index contributed by atoms with van der Waals surface area (Å²) >= 11 is 3.00. The highest BCUT2D eigenvalue weighted by Crippen LogP contribution is 2.34. The highest BCUT2D eigenvalue weighted by atomic mass is 32.2. The van der Waals surface area contributed by atoms with Crippen LogP contribution < -0.4 is 0 Å². The van der Waals surface area contributed by atoms with Crippen molar-refractivity contribution in [3.05, 3.63) is 35.9 Å². The molecular formula is C16H21N3O2S2. The van der Waals surface area contributed by atoms with E-state index in [9.17, 15) is 9.59 Å². The molecule has 0 bridgehead atoms. The Morgan fingerprint density at radius 3 is 2.39 bits per heavy atom. The Morgan fingerprint density at radius 1 is 1.22 bits per heavy atom. The Morgan fingerprint density at radius 2 is 1.83 bits per heavy atom. The lowest BCUT2D eigenvalue weighted by molar-refractivity contribution is -0.127. The van der Waals surface area contributed by atoms with Crippen LogP contribution in [-0.4, -0.2) is 58.3 Å². The molecule has 1 aliphatic heterocycles. The van der Waals surface area contributed by atoms with E-state index in [-0.39, 0.29) is 30.6 Å². The van der Waals surface area contributed by atoms with Gasteiger partial charge in [0.25, 0.3) is 5.91 Å². The fourth-order valence-electron chi connectivity index (χ4n) is 2.65. The molecule has 1 saturated heterocycles. The quantitative estimate of drug-likeness (QED) is 0.620. The van der Waals surface area contributed by atoms with Crippen LogP contribution in [0.25, 0.3) is 0 Å². The van der Waals surface area contributed by atoms with E-state index < -0.39 is 0 Å². The molecule has 5 nitrogen and oxygen atoms in total. The predicted octanol–water partition coefficient (Wildman–Crippen LogP) is 3.09. The Kier molecular flexibility index (Phi) is 6.12. The molecule has 23 heavy (non-hydrogen) atoms. The number of aliphatic imine (C=N–C) groups is 1. The number of nitrogens with zero attached hydrogens (tertiary/aromatic N) is 3. The maximum Gasteiger partial charge on any atom is 0.327 e. The fraction of sp³-hybridized carbons (Fsp3) is 0.438. The Balaban J connectivity index is 2.28. The third-order valence-corrected chi connectivity index (χ3v) is 5.91. The summed E-state index contributed by atoms with van der Waals surface area (Å²) in [5.74, 6) is -0.263. The summed E-state index contributed by atoms with van der Waals surface area (Å²) in [5.41, 5.74) is 0.963. The van der Waals surface area contributed by atoms with Crippen molar-refractivity contribution in [3.8, 4) is 0 Å². The van der Waals surface area contributed by atoms with E-state index in [2.05, 4.69) is 4.99 Å². The molecule has 7 heteroatoms. The van der Waals surface area contributed by atoms with Gasteiger partial charge in [0.2, 0.25) is 0 Å². The van der Waals surface area contributed by atoms with Gasteiger partial charge in [-0.25, -0.2) is 4.79 Å². The van der Waals surface area contributed by atoms with Crippen LogP contribution in [0, 0.1) is 0 Å². The first kappa shape index (κ1) is 17.9. The van der Waals surface area contributed by atoms with Crippen molar-refractivity contribution in [2.45, 2.75) is 19.0 Å². The number of thioether (sulfide) groups is 2. The van der Waals surface area contributed by atoms with Gasteiger partial charge in [0.05, 0.1) is 12.1 Å². The van der Waals surface area contributed by atoms with E-state index in [1.54, 1.807) is 11.9 Å². The summed E-state index contributed by atoms with van der Waals surface area (Å²) < 4.78 is 0.836. The molecular weight excluding hydrogens is 330 g/mol. The molecule has 0 radical (unpaired) electrons. The number of rotatable bonds is 3. The molecule has 0 unspecified atom stereocenters. The Labute approximate surface area is 145 Å². The lowest BCUT2D eigenvalue weighted by Gasteiger charge is -2.23. The number of hydrogen-bond donors (Lipinski definition) is 0. The minimum atomic E-state index is -0.275. The second-order valence-corrected chi connectivity index (χ2v) is 7.09. The van der Waals surface area contributed by atoms with Gasteiger partial charge in [-0.05, 0) is 25.0 Å². The average molecular weight is 351 g/mol. The Bertz CT molecular complexity index is 601. The zero-order valence-corrected chi connectivity index (χ0v) is 15.4. The first-order valence-electron chi connectivity index (χ1n) is 7.27. The molecule has 3 amide bonds. The van der Waals surface area contributed by atoms with Crippen LogP contribution >= 0.6 is 23.5 Å². The zero-order chi connectivity index (χ0) is 17.0.